The van der Waals surface area contributed by atoms with E-state index in [1.807, 2.05) is 25.1 Å². The van der Waals surface area contributed by atoms with Crippen LogP contribution in [0.15, 0.2) is 36.5 Å². The minimum Gasteiger partial charge on any atom is -0.360 e. The number of hydrogen-bond donors (Lipinski definition) is 4. The quantitative estimate of drug-likeness (QED) is 0.403. The number of aryl methyl sites for hydroxylation is 1. The molecule has 1 fully saturated rings. The van der Waals surface area contributed by atoms with Crippen molar-refractivity contribution in [2.75, 3.05) is 5.32 Å². The van der Waals surface area contributed by atoms with Crippen molar-refractivity contribution in [2.24, 2.45) is 0 Å². The fourth-order valence-corrected chi connectivity index (χ4v) is 3.35. The number of Topliss-reactive ketones (excluding diaryl/α,β-unsaturated/α-hetero) is 1. The molecule has 1 aromatic carbocycles. The van der Waals surface area contributed by atoms with Gasteiger partial charge >= 0.3 is 0 Å². The summed E-state index contributed by atoms with van der Waals surface area (Å²) in [5.74, 6) is -1.22. The lowest BCUT2D eigenvalue weighted by molar-refractivity contribution is -0.125. The molecule has 0 bridgehead atoms. The second kappa shape index (κ2) is 6.93. The van der Waals surface area contributed by atoms with Crippen molar-refractivity contribution in [1.29, 1.82) is 0 Å². The SMILES string of the molecule is Cc1cc(NC(=O)C(=O)c2c[nH]c3ccccc23)n(C2NC(=O)CC(C)N2)n1. The van der Waals surface area contributed by atoms with Crippen molar-refractivity contribution >= 4 is 34.3 Å². The first-order chi connectivity index (χ1) is 13.4. The summed E-state index contributed by atoms with van der Waals surface area (Å²) in [4.78, 5) is 40.1. The fraction of sp³-hybridized carbons (Fsp3) is 0.263. The molecule has 9 nitrogen and oxygen atoms in total. The van der Waals surface area contributed by atoms with E-state index in [-0.39, 0.29) is 11.9 Å². The molecule has 0 saturated carbocycles. The molecule has 9 heteroatoms. The fourth-order valence-electron chi connectivity index (χ4n) is 3.35. The number of hydrogen-bond acceptors (Lipinski definition) is 5. The molecule has 1 aliphatic heterocycles. The minimum absolute atomic E-state index is 0.0420. The molecule has 1 aliphatic rings. The Kier molecular flexibility index (Phi) is 4.44. The number of nitrogens with one attached hydrogen (secondary N) is 4. The van der Waals surface area contributed by atoms with Crippen LogP contribution in [0.4, 0.5) is 5.82 Å². The highest BCUT2D eigenvalue weighted by Gasteiger charge is 2.28. The van der Waals surface area contributed by atoms with Crippen molar-refractivity contribution in [3.63, 3.8) is 0 Å². The van der Waals surface area contributed by atoms with E-state index in [1.165, 1.54) is 10.9 Å². The zero-order valence-electron chi connectivity index (χ0n) is 15.4. The number of carbonyl (C=O) groups excluding carboxylic acids is 3. The van der Waals surface area contributed by atoms with Crippen LogP contribution in [0, 0.1) is 6.92 Å². The first-order valence-electron chi connectivity index (χ1n) is 8.96. The zero-order chi connectivity index (χ0) is 19.8. The Morgan fingerprint density at radius 2 is 2.07 bits per heavy atom. The van der Waals surface area contributed by atoms with Crippen LogP contribution in [0.3, 0.4) is 0 Å². The smallest absolute Gasteiger partial charge is 0.297 e. The monoisotopic (exact) mass is 380 g/mol. The number of aromatic amines is 1. The third kappa shape index (κ3) is 3.27. The van der Waals surface area contributed by atoms with Gasteiger partial charge in [0.15, 0.2) is 6.29 Å². The second-order valence-electron chi connectivity index (χ2n) is 6.89. The van der Waals surface area contributed by atoms with Crippen LogP contribution in [-0.4, -0.2) is 38.4 Å². The molecule has 2 unspecified atom stereocenters. The number of aromatic nitrogens is 3. The van der Waals surface area contributed by atoms with Gasteiger partial charge in [0.05, 0.1) is 11.3 Å². The van der Waals surface area contributed by atoms with Crippen LogP contribution in [-0.2, 0) is 9.59 Å². The number of H-pyrrole nitrogens is 1. The van der Waals surface area contributed by atoms with Crippen LogP contribution in [0.2, 0.25) is 0 Å². The first-order valence-corrected chi connectivity index (χ1v) is 8.96. The molecule has 0 spiro atoms. The zero-order valence-corrected chi connectivity index (χ0v) is 15.4. The maximum absolute atomic E-state index is 12.7. The van der Waals surface area contributed by atoms with Crippen LogP contribution in [0.25, 0.3) is 10.9 Å². The average Bonchev–Trinajstić information content (AvgIpc) is 3.23. The molecule has 1 saturated heterocycles. The van der Waals surface area contributed by atoms with E-state index in [4.69, 9.17) is 0 Å². The molecular formula is C19H20N6O3. The number of fused-ring (bicyclic) bond motifs is 1. The Morgan fingerprint density at radius 3 is 2.86 bits per heavy atom. The summed E-state index contributed by atoms with van der Waals surface area (Å²) in [5, 5.41) is 13.6. The molecular weight excluding hydrogens is 360 g/mol. The van der Waals surface area contributed by atoms with Gasteiger partial charge in [-0.05, 0) is 19.9 Å². The molecule has 2 aromatic heterocycles. The highest BCUT2D eigenvalue weighted by atomic mass is 16.2. The maximum atomic E-state index is 12.7. The summed E-state index contributed by atoms with van der Waals surface area (Å²) in [7, 11) is 0. The second-order valence-corrected chi connectivity index (χ2v) is 6.89. The Bertz CT molecular complexity index is 1080. The standard InChI is InChI=1S/C19H20N6O3/c1-10-8-16(26)23-19(21-10)25-15(7-11(2)24-25)22-18(28)17(27)13-9-20-14-6-4-3-5-12(13)14/h3-7,9-10,19-21H,8H2,1-2H3,(H,22,28)(H,23,26). The molecule has 4 N–H and O–H groups in total. The van der Waals surface area contributed by atoms with E-state index >= 15 is 0 Å². The van der Waals surface area contributed by atoms with Crippen LogP contribution >= 0.6 is 0 Å². The summed E-state index contributed by atoms with van der Waals surface area (Å²) in [5.41, 5.74) is 1.72. The molecule has 0 radical (unpaired) electrons. The number of benzene rings is 1. The van der Waals surface area contributed by atoms with Gasteiger partial charge in [0.25, 0.3) is 11.7 Å². The minimum atomic E-state index is -0.777. The van der Waals surface area contributed by atoms with Gasteiger partial charge in [0.1, 0.15) is 5.82 Å². The Morgan fingerprint density at radius 1 is 1.29 bits per heavy atom. The van der Waals surface area contributed by atoms with Gasteiger partial charge in [-0.2, -0.15) is 5.10 Å². The lowest BCUT2D eigenvalue weighted by Crippen LogP contribution is -2.52. The summed E-state index contributed by atoms with van der Waals surface area (Å²) in [6.45, 7) is 3.66. The van der Waals surface area contributed by atoms with Gasteiger partial charge in [-0.25, -0.2) is 4.68 Å². The highest BCUT2D eigenvalue weighted by molar-refractivity contribution is 6.48. The lowest BCUT2D eigenvalue weighted by Gasteiger charge is -2.30. The Labute approximate surface area is 160 Å². The molecule has 144 valence electrons. The average molecular weight is 380 g/mol. The summed E-state index contributed by atoms with van der Waals surface area (Å²) in [6.07, 6.45) is 1.28. The molecule has 4 rings (SSSR count). The van der Waals surface area contributed by atoms with Gasteiger partial charge in [-0.15, -0.1) is 0 Å². The van der Waals surface area contributed by atoms with Gasteiger partial charge in [0.2, 0.25) is 5.91 Å². The molecule has 0 aliphatic carbocycles. The van der Waals surface area contributed by atoms with E-state index < -0.39 is 18.0 Å². The Balaban J connectivity index is 1.58. The van der Waals surface area contributed by atoms with Gasteiger partial charge in [-0.1, -0.05) is 18.2 Å². The van der Waals surface area contributed by atoms with Crippen molar-refractivity contribution in [3.8, 4) is 0 Å². The summed E-state index contributed by atoms with van der Waals surface area (Å²) >= 11 is 0. The summed E-state index contributed by atoms with van der Waals surface area (Å²) in [6, 6.07) is 8.88. The van der Waals surface area contributed by atoms with Gasteiger partial charge < -0.3 is 15.6 Å². The molecule has 28 heavy (non-hydrogen) atoms. The van der Waals surface area contributed by atoms with Crippen molar-refractivity contribution < 1.29 is 14.4 Å². The predicted molar refractivity (Wildman–Crippen MR) is 103 cm³/mol. The topological polar surface area (TPSA) is 121 Å². The number of rotatable bonds is 4. The van der Waals surface area contributed by atoms with Crippen molar-refractivity contribution in [3.05, 3.63) is 47.8 Å². The van der Waals surface area contributed by atoms with E-state index in [0.29, 0.717) is 28.9 Å². The number of nitrogens with zero attached hydrogens (tertiary/aromatic N) is 2. The largest absolute Gasteiger partial charge is 0.360 e. The van der Waals surface area contributed by atoms with E-state index in [0.717, 1.165) is 5.52 Å². The third-order valence-corrected chi connectivity index (χ3v) is 4.62. The molecule has 3 heterocycles. The van der Waals surface area contributed by atoms with Crippen LogP contribution in [0.1, 0.15) is 35.7 Å². The number of para-hydroxylation sites is 1. The van der Waals surface area contributed by atoms with Gasteiger partial charge in [-0.3, -0.25) is 19.7 Å². The molecule has 2 amide bonds. The van der Waals surface area contributed by atoms with Crippen molar-refractivity contribution in [1.82, 2.24) is 25.4 Å². The predicted octanol–water partition coefficient (Wildman–Crippen LogP) is 1.45. The lowest BCUT2D eigenvalue weighted by atomic mass is 10.1. The summed E-state index contributed by atoms with van der Waals surface area (Å²) < 4.78 is 1.46. The van der Waals surface area contributed by atoms with Crippen LogP contribution in [0.5, 0.6) is 0 Å². The molecule has 3 aromatic rings. The maximum Gasteiger partial charge on any atom is 0.297 e. The number of ketones is 1. The van der Waals surface area contributed by atoms with E-state index in [2.05, 4.69) is 26.0 Å². The third-order valence-electron chi connectivity index (χ3n) is 4.62. The van der Waals surface area contributed by atoms with Crippen LogP contribution < -0.4 is 16.0 Å². The van der Waals surface area contributed by atoms with Crippen molar-refractivity contribution in [2.45, 2.75) is 32.6 Å². The van der Waals surface area contributed by atoms with Gasteiger partial charge in [0, 0.05) is 35.6 Å². The van der Waals surface area contributed by atoms with E-state index in [9.17, 15) is 14.4 Å². The normalized spacial score (nSPS) is 19.4. The first kappa shape index (κ1) is 17.9. The Hall–Kier alpha value is -3.46. The number of amides is 2. The number of anilines is 1. The van der Waals surface area contributed by atoms with E-state index in [1.54, 1.807) is 19.1 Å². The molecule has 2 atom stereocenters. The number of carbonyl (C=O) groups is 3. The highest BCUT2D eigenvalue weighted by Crippen LogP contribution is 2.20.